The Bertz CT molecular complexity index is 1670. The molecule has 0 N–H and O–H groups in total. The summed E-state index contributed by atoms with van der Waals surface area (Å²) >= 11 is 0. The van der Waals surface area contributed by atoms with Crippen molar-refractivity contribution in [1.29, 1.82) is 0 Å². The Kier molecular flexibility index (Phi) is 52.1. The first kappa shape index (κ1) is 64.8. The normalized spacial score (nSPS) is 13.5. The van der Waals surface area contributed by atoms with Crippen molar-refractivity contribution in [3.63, 3.8) is 0 Å². The molecule has 0 bridgehead atoms. The van der Waals surface area contributed by atoms with E-state index in [-0.39, 0.29) is 37.5 Å². The van der Waals surface area contributed by atoms with Gasteiger partial charge in [0, 0.05) is 19.3 Å². The molecule has 70 heavy (non-hydrogen) atoms. The molecule has 1 atom stereocenters. The highest BCUT2D eigenvalue weighted by molar-refractivity contribution is 5.71. The molecule has 0 heterocycles. The molecule has 0 rings (SSSR count). The van der Waals surface area contributed by atoms with Crippen LogP contribution in [0.15, 0.2) is 170 Å². The highest BCUT2D eigenvalue weighted by Crippen LogP contribution is 2.12. The molecular weight excluding hydrogens is 865 g/mol. The lowest BCUT2D eigenvalue weighted by Gasteiger charge is -2.18. The molecule has 0 aliphatic heterocycles. The van der Waals surface area contributed by atoms with Gasteiger partial charge in [0.15, 0.2) is 6.10 Å². The molecule has 0 aliphatic carbocycles. The number of unbranched alkanes of at least 4 members (excludes halogenated alkanes) is 14. The molecule has 6 nitrogen and oxygen atoms in total. The Hall–Kier alpha value is -5.23. The van der Waals surface area contributed by atoms with E-state index in [1.165, 1.54) is 6.42 Å². The molecular formula is C64H96O6. The highest BCUT2D eigenvalue weighted by Gasteiger charge is 2.19. The van der Waals surface area contributed by atoms with Gasteiger partial charge in [-0.15, -0.1) is 0 Å². The molecule has 388 valence electrons. The molecule has 0 saturated carbocycles. The summed E-state index contributed by atoms with van der Waals surface area (Å²) < 4.78 is 16.8. The molecule has 0 aliphatic rings. The minimum atomic E-state index is -0.826. The van der Waals surface area contributed by atoms with Crippen LogP contribution in [0.1, 0.15) is 194 Å². The van der Waals surface area contributed by atoms with Gasteiger partial charge in [-0.3, -0.25) is 14.4 Å². The lowest BCUT2D eigenvalue weighted by molar-refractivity contribution is -0.167. The summed E-state index contributed by atoms with van der Waals surface area (Å²) in [4.78, 5) is 38.1. The van der Waals surface area contributed by atoms with Crippen LogP contribution in [-0.4, -0.2) is 37.2 Å². The van der Waals surface area contributed by atoms with Crippen molar-refractivity contribution in [3.8, 4) is 0 Å². The number of allylic oxidation sites excluding steroid dienone is 28. The van der Waals surface area contributed by atoms with Crippen molar-refractivity contribution in [3.05, 3.63) is 170 Å². The smallest absolute Gasteiger partial charge is 0.306 e. The van der Waals surface area contributed by atoms with Crippen LogP contribution >= 0.6 is 0 Å². The topological polar surface area (TPSA) is 78.9 Å². The number of hydrogen-bond acceptors (Lipinski definition) is 6. The predicted molar refractivity (Wildman–Crippen MR) is 301 cm³/mol. The average molecular weight is 961 g/mol. The Morgan fingerprint density at radius 3 is 1.06 bits per heavy atom. The number of ether oxygens (including phenoxy) is 3. The largest absolute Gasteiger partial charge is 0.462 e. The fourth-order valence-electron chi connectivity index (χ4n) is 6.62. The van der Waals surface area contributed by atoms with Gasteiger partial charge in [0.1, 0.15) is 13.2 Å². The number of hydrogen-bond donors (Lipinski definition) is 0. The second-order valence-corrected chi connectivity index (χ2v) is 17.2. The molecule has 0 aromatic heterocycles. The fraction of sp³-hybridized carbons (Fsp3) is 0.516. The van der Waals surface area contributed by atoms with Crippen LogP contribution in [-0.2, 0) is 28.6 Å². The van der Waals surface area contributed by atoms with Crippen LogP contribution < -0.4 is 0 Å². The standard InChI is InChI=1S/C64H96O6/c1-4-7-10-13-16-19-22-25-28-30-32-34-36-39-42-45-48-51-54-57-63(66)69-60-61(59-68-62(65)56-53-50-47-44-41-38-35-27-24-21-18-15-12-9-6-3)70-64(67)58-55-52-49-46-43-40-37-33-31-29-26-23-20-17-14-11-8-5-2/h7,9-12,14-21,23-29,31-35,37,39,42,61H,4-6,8,13,22,30,36,38,40-41,43-60H2,1-3H3/b10-7-,12-9-,14-11-,18-15-,19-16-,20-17-,24-21-,26-23-,28-25-,31-29-,34-32-,35-27-,37-33-,42-39-. The molecule has 0 aromatic rings. The molecule has 6 heteroatoms. The van der Waals surface area contributed by atoms with Crippen LogP contribution in [0.3, 0.4) is 0 Å². The number of carbonyl (C=O) groups is 3. The Balaban J connectivity index is 4.60. The molecule has 0 aromatic carbocycles. The van der Waals surface area contributed by atoms with Crippen molar-refractivity contribution in [2.24, 2.45) is 0 Å². The van der Waals surface area contributed by atoms with Gasteiger partial charge in [-0.1, -0.05) is 242 Å². The third-order valence-electron chi connectivity index (χ3n) is 10.6. The summed E-state index contributed by atoms with van der Waals surface area (Å²) in [6.07, 6.45) is 83.2. The van der Waals surface area contributed by atoms with E-state index in [1.54, 1.807) is 0 Å². The zero-order chi connectivity index (χ0) is 50.7. The quantitative estimate of drug-likeness (QED) is 0.0199. The van der Waals surface area contributed by atoms with Gasteiger partial charge in [0.2, 0.25) is 0 Å². The fourth-order valence-corrected chi connectivity index (χ4v) is 6.62. The van der Waals surface area contributed by atoms with Crippen LogP contribution in [0.5, 0.6) is 0 Å². The van der Waals surface area contributed by atoms with Gasteiger partial charge >= 0.3 is 17.9 Å². The Morgan fingerprint density at radius 2 is 0.629 bits per heavy atom. The van der Waals surface area contributed by atoms with Gasteiger partial charge in [0.05, 0.1) is 0 Å². The maximum atomic E-state index is 12.8. The molecule has 0 spiro atoms. The van der Waals surface area contributed by atoms with E-state index in [4.69, 9.17) is 14.2 Å². The molecule has 0 amide bonds. The van der Waals surface area contributed by atoms with Crippen LogP contribution in [0, 0.1) is 0 Å². The molecule has 0 radical (unpaired) electrons. The Morgan fingerprint density at radius 1 is 0.314 bits per heavy atom. The number of carbonyl (C=O) groups excluding carboxylic acids is 3. The summed E-state index contributed by atoms with van der Waals surface area (Å²) in [5, 5.41) is 0. The summed E-state index contributed by atoms with van der Waals surface area (Å²) in [6.45, 7) is 6.20. The van der Waals surface area contributed by atoms with E-state index in [0.29, 0.717) is 12.8 Å². The lowest BCUT2D eigenvalue weighted by Crippen LogP contribution is -2.30. The Labute approximate surface area is 428 Å². The van der Waals surface area contributed by atoms with Crippen molar-refractivity contribution >= 4 is 17.9 Å². The minimum Gasteiger partial charge on any atom is -0.462 e. The van der Waals surface area contributed by atoms with Crippen LogP contribution in [0.25, 0.3) is 0 Å². The zero-order valence-electron chi connectivity index (χ0n) is 44.2. The first-order chi connectivity index (χ1) is 34.5. The number of esters is 3. The zero-order valence-corrected chi connectivity index (χ0v) is 44.2. The van der Waals surface area contributed by atoms with Crippen LogP contribution in [0.4, 0.5) is 0 Å². The highest BCUT2D eigenvalue weighted by atomic mass is 16.6. The third-order valence-corrected chi connectivity index (χ3v) is 10.6. The summed E-state index contributed by atoms with van der Waals surface area (Å²) in [5.41, 5.74) is 0. The first-order valence-corrected chi connectivity index (χ1v) is 27.3. The van der Waals surface area contributed by atoms with Gasteiger partial charge in [-0.25, -0.2) is 0 Å². The SMILES string of the molecule is CC\C=C/C=C\C=C/C=C\CCCCCCCC(=O)OCC(COC(=O)CCCCC/C=C\C/C=C\C/C=C\C/C=C\C/C=C\CC)OC(=O)CCCCCCC\C=C/C=C\C=C/C=C\C=C/CCC. The predicted octanol–water partition coefficient (Wildman–Crippen LogP) is 18.4. The van der Waals surface area contributed by atoms with Gasteiger partial charge in [-0.05, 0) is 103 Å². The van der Waals surface area contributed by atoms with Crippen molar-refractivity contribution in [2.45, 2.75) is 200 Å². The summed E-state index contributed by atoms with van der Waals surface area (Å²) in [7, 11) is 0. The molecule has 0 saturated heterocycles. The summed E-state index contributed by atoms with van der Waals surface area (Å²) in [6, 6.07) is 0. The minimum absolute atomic E-state index is 0.121. The van der Waals surface area contributed by atoms with Gasteiger partial charge < -0.3 is 14.2 Å². The monoisotopic (exact) mass is 961 g/mol. The van der Waals surface area contributed by atoms with E-state index in [1.807, 2.05) is 60.8 Å². The first-order valence-electron chi connectivity index (χ1n) is 27.3. The van der Waals surface area contributed by atoms with E-state index < -0.39 is 6.10 Å². The van der Waals surface area contributed by atoms with E-state index in [2.05, 4.69) is 130 Å². The second-order valence-electron chi connectivity index (χ2n) is 17.2. The van der Waals surface area contributed by atoms with Crippen molar-refractivity contribution < 1.29 is 28.6 Å². The van der Waals surface area contributed by atoms with Gasteiger partial charge in [0.25, 0.3) is 0 Å². The summed E-state index contributed by atoms with van der Waals surface area (Å²) in [5.74, 6) is -1.01. The average Bonchev–Trinajstić information content (AvgIpc) is 3.36. The van der Waals surface area contributed by atoms with E-state index in [9.17, 15) is 14.4 Å². The van der Waals surface area contributed by atoms with Gasteiger partial charge in [-0.2, -0.15) is 0 Å². The molecule has 0 fully saturated rings. The van der Waals surface area contributed by atoms with E-state index in [0.717, 1.165) is 148 Å². The maximum absolute atomic E-state index is 12.8. The third kappa shape index (κ3) is 53.7. The second kappa shape index (κ2) is 56.4. The van der Waals surface area contributed by atoms with Crippen molar-refractivity contribution in [1.82, 2.24) is 0 Å². The van der Waals surface area contributed by atoms with Crippen molar-refractivity contribution in [2.75, 3.05) is 13.2 Å². The van der Waals surface area contributed by atoms with E-state index >= 15 is 0 Å². The lowest BCUT2D eigenvalue weighted by atomic mass is 10.1. The van der Waals surface area contributed by atoms with Crippen LogP contribution in [0.2, 0.25) is 0 Å². The molecule has 1 unspecified atom stereocenters. The maximum Gasteiger partial charge on any atom is 0.306 e. The number of rotatable bonds is 46.